The fourth-order valence-corrected chi connectivity index (χ4v) is 4.31. The fraction of sp³-hybridized carbons (Fsp3) is 0.118. The monoisotopic (exact) mass is 394 g/mol. The van der Waals surface area contributed by atoms with Crippen LogP contribution in [-0.4, -0.2) is 20.5 Å². The Kier molecular flexibility index (Phi) is 5.39. The third-order valence-electron chi connectivity index (χ3n) is 3.50. The van der Waals surface area contributed by atoms with Crippen molar-refractivity contribution in [3.63, 3.8) is 0 Å². The van der Waals surface area contributed by atoms with Crippen LogP contribution in [0.2, 0.25) is 5.02 Å². The number of ether oxygens (including phenoxy) is 1. The molecule has 0 aliphatic rings. The van der Waals surface area contributed by atoms with Crippen LogP contribution in [0.5, 0.6) is 5.75 Å². The van der Waals surface area contributed by atoms with Crippen molar-refractivity contribution in [2.45, 2.75) is 11.4 Å². The number of nitrogens with one attached hydrogen (secondary N) is 1. The number of hydrogen-bond acceptors (Lipinski definition) is 5. The van der Waals surface area contributed by atoms with E-state index in [0.29, 0.717) is 5.75 Å². The van der Waals surface area contributed by atoms with Crippen LogP contribution in [0.3, 0.4) is 0 Å². The van der Waals surface area contributed by atoms with Crippen LogP contribution in [0.4, 0.5) is 0 Å². The maximum absolute atomic E-state index is 12.4. The minimum absolute atomic E-state index is 0.0840. The lowest BCUT2D eigenvalue weighted by Crippen LogP contribution is -2.23. The maximum Gasteiger partial charge on any atom is 0.240 e. The molecule has 8 heteroatoms. The Morgan fingerprint density at radius 1 is 1.24 bits per heavy atom. The molecule has 0 spiro atoms. The average Bonchev–Trinajstić information content (AvgIpc) is 3.15. The molecule has 0 radical (unpaired) electrons. The van der Waals surface area contributed by atoms with E-state index >= 15 is 0 Å². The lowest BCUT2D eigenvalue weighted by molar-refractivity contribution is 0.414. The molecule has 0 aliphatic heterocycles. The van der Waals surface area contributed by atoms with E-state index in [9.17, 15) is 8.42 Å². The summed E-state index contributed by atoms with van der Waals surface area (Å²) in [4.78, 5) is 5.35. The van der Waals surface area contributed by atoms with Gasteiger partial charge in [0.05, 0.1) is 17.0 Å². The number of halogens is 1. The molecule has 0 unspecified atom stereocenters. The van der Waals surface area contributed by atoms with E-state index in [1.165, 1.54) is 25.3 Å². The van der Waals surface area contributed by atoms with E-state index in [2.05, 4.69) is 9.71 Å². The summed E-state index contributed by atoms with van der Waals surface area (Å²) < 4.78 is 32.5. The van der Waals surface area contributed by atoms with Gasteiger partial charge in [0.15, 0.2) is 0 Å². The van der Waals surface area contributed by atoms with Gasteiger partial charge in [0.1, 0.15) is 5.75 Å². The molecule has 0 bridgehead atoms. The lowest BCUT2D eigenvalue weighted by atomic mass is 10.2. The Labute approximate surface area is 155 Å². The molecule has 2 aromatic heterocycles. The molecule has 25 heavy (non-hydrogen) atoms. The van der Waals surface area contributed by atoms with E-state index in [1.807, 2.05) is 23.6 Å². The third kappa shape index (κ3) is 4.19. The Morgan fingerprint density at radius 3 is 2.76 bits per heavy atom. The van der Waals surface area contributed by atoms with E-state index in [4.69, 9.17) is 16.3 Å². The van der Waals surface area contributed by atoms with Crippen LogP contribution < -0.4 is 9.46 Å². The summed E-state index contributed by atoms with van der Waals surface area (Å²) in [6.07, 6.45) is 3.40. The number of hydrogen-bond donors (Lipinski definition) is 1. The number of nitrogens with zero attached hydrogens (tertiary/aromatic N) is 1. The van der Waals surface area contributed by atoms with Crippen molar-refractivity contribution in [1.29, 1.82) is 0 Å². The molecular formula is C17H15ClN2O3S2. The Bertz CT molecular complexity index is 973. The van der Waals surface area contributed by atoms with Gasteiger partial charge in [-0.2, -0.15) is 0 Å². The molecule has 0 saturated heterocycles. The standard InChI is InChI=1S/C17H15ClN2O3S2/c1-23-16-5-4-14(8-15(16)18)25(21,22)20-10-12-7-13(11-19-9-12)17-3-2-6-24-17/h2-9,11,20H,10H2,1H3. The minimum atomic E-state index is -3.69. The number of aromatic nitrogens is 1. The molecule has 0 saturated carbocycles. The minimum Gasteiger partial charge on any atom is -0.495 e. The first kappa shape index (κ1) is 17.9. The molecule has 3 aromatic rings. The number of rotatable bonds is 6. The topological polar surface area (TPSA) is 68.3 Å². The first-order valence-corrected chi connectivity index (χ1v) is 10.0. The molecular weight excluding hydrogens is 380 g/mol. The molecule has 1 N–H and O–H groups in total. The van der Waals surface area contributed by atoms with Crippen molar-refractivity contribution in [3.05, 3.63) is 64.8 Å². The van der Waals surface area contributed by atoms with E-state index in [0.717, 1.165) is 16.0 Å². The van der Waals surface area contributed by atoms with Gasteiger partial charge in [-0.05, 0) is 41.3 Å². The summed E-state index contributed by atoms with van der Waals surface area (Å²) >= 11 is 7.61. The zero-order valence-electron chi connectivity index (χ0n) is 13.3. The van der Waals surface area contributed by atoms with Crippen LogP contribution in [0.1, 0.15) is 5.56 Å². The largest absolute Gasteiger partial charge is 0.495 e. The van der Waals surface area contributed by atoms with Crippen molar-refractivity contribution in [1.82, 2.24) is 9.71 Å². The summed E-state index contributed by atoms with van der Waals surface area (Å²) in [6, 6.07) is 10.2. The third-order valence-corrected chi connectivity index (χ3v) is 6.11. The molecule has 5 nitrogen and oxygen atoms in total. The van der Waals surface area contributed by atoms with Gasteiger partial charge in [-0.1, -0.05) is 17.7 Å². The quantitative estimate of drug-likeness (QED) is 0.687. The van der Waals surface area contributed by atoms with Gasteiger partial charge in [0.2, 0.25) is 10.0 Å². The maximum atomic E-state index is 12.4. The van der Waals surface area contributed by atoms with E-state index in [-0.39, 0.29) is 16.5 Å². The van der Waals surface area contributed by atoms with Gasteiger partial charge in [-0.25, -0.2) is 13.1 Å². The SMILES string of the molecule is COc1ccc(S(=O)(=O)NCc2cncc(-c3cccs3)c2)cc1Cl. The van der Waals surface area contributed by atoms with Gasteiger partial charge in [0.25, 0.3) is 0 Å². The second kappa shape index (κ2) is 7.53. The second-order valence-electron chi connectivity index (χ2n) is 5.18. The van der Waals surface area contributed by atoms with Gasteiger partial charge in [0, 0.05) is 29.4 Å². The van der Waals surface area contributed by atoms with Crippen LogP contribution in [0.25, 0.3) is 10.4 Å². The van der Waals surface area contributed by atoms with Crippen LogP contribution in [0, 0.1) is 0 Å². The summed E-state index contributed by atoms with van der Waals surface area (Å²) in [6.45, 7) is 0.137. The smallest absolute Gasteiger partial charge is 0.240 e. The summed E-state index contributed by atoms with van der Waals surface area (Å²) in [5.41, 5.74) is 1.73. The van der Waals surface area contributed by atoms with Gasteiger partial charge >= 0.3 is 0 Å². The van der Waals surface area contributed by atoms with Crippen molar-refractivity contribution in [2.24, 2.45) is 0 Å². The number of methoxy groups -OCH3 is 1. The molecule has 3 rings (SSSR count). The molecule has 0 amide bonds. The highest BCUT2D eigenvalue weighted by molar-refractivity contribution is 7.89. The summed E-state index contributed by atoms with van der Waals surface area (Å²) in [7, 11) is -2.21. The second-order valence-corrected chi connectivity index (χ2v) is 8.30. The Balaban J connectivity index is 1.76. The fourth-order valence-electron chi connectivity index (χ4n) is 2.24. The zero-order chi connectivity index (χ0) is 17.9. The Morgan fingerprint density at radius 2 is 2.08 bits per heavy atom. The van der Waals surface area contributed by atoms with E-state index < -0.39 is 10.0 Å². The molecule has 130 valence electrons. The van der Waals surface area contributed by atoms with E-state index in [1.54, 1.807) is 23.7 Å². The number of sulfonamides is 1. The van der Waals surface area contributed by atoms with Crippen LogP contribution >= 0.6 is 22.9 Å². The normalized spacial score (nSPS) is 11.4. The first-order chi connectivity index (χ1) is 12.0. The van der Waals surface area contributed by atoms with Crippen LogP contribution in [0.15, 0.2) is 59.1 Å². The summed E-state index contributed by atoms with van der Waals surface area (Å²) in [5, 5.41) is 2.23. The molecule has 1 aromatic carbocycles. The van der Waals surface area contributed by atoms with Gasteiger partial charge < -0.3 is 4.74 Å². The van der Waals surface area contributed by atoms with Gasteiger partial charge in [-0.15, -0.1) is 11.3 Å². The van der Waals surface area contributed by atoms with Crippen molar-refractivity contribution in [3.8, 4) is 16.2 Å². The lowest BCUT2D eigenvalue weighted by Gasteiger charge is -2.09. The number of benzene rings is 1. The molecule has 0 atom stereocenters. The summed E-state index contributed by atoms with van der Waals surface area (Å²) in [5.74, 6) is 0.425. The average molecular weight is 395 g/mol. The predicted molar refractivity (Wildman–Crippen MR) is 99.6 cm³/mol. The number of pyridine rings is 1. The predicted octanol–water partition coefficient (Wildman–Crippen LogP) is 3.95. The van der Waals surface area contributed by atoms with Crippen molar-refractivity contribution < 1.29 is 13.2 Å². The van der Waals surface area contributed by atoms with Gasteiger partial charge in [-0.3, -0.25) is 4.98 Å². The van der Waals surface area contributed by atoms with Crippen LogP contribution in [-0.2, 0) is 16.6 Å². The zero-order valence-corrected chi connectivity index (χ0v) is 15.7. The first-order valence-electron chi connectivity index (χ1n) is 7.30. The number of thiophene rings is 1. The Hall–Kier alpha value is -1.93. The highest BCUT2D eigenvalue weighted by atomic mass is 35.5. The highest BCUT2D eigenvalue weighted by Gasteiger charge is 2.16. The molecule has 0 fully saturated rings. The molecule has 0 aliphatic carbocycles. The van der Waals surface area contributed by atoms with Crippen molar-refractivity contribution in [2.75, 3.05) is 7.11 Å². The molecule has 2 heterocycles. The van der Waals surface area contributed by atoms with Crippen molar-refractivity contribution >= 4 is 33.0 Å². The highest BCUT2D eigenvalue weighted by Crippen LogP contribution is 2.27.